The quantitative estimate of drug-likeness (QED) is 0.163. The van der Waals surface area contributed by atoms with E-state index in [1.54, 1.807) is 25.3 Å². The Balaban J connectivity index is 1.47. The summed E-state index contributed by atoms with van der Waals surface area (Å²) in [5.41, 5.74) is 17.7. The van der Waals surface area contributed by atoms with Crippen LogP contribution in [0.4, 0.5) is 11.4 Å². The van der Waals surface area contributed by atoms with Crippen LogP contribution < -0.4 is 16.8 Å². The van der Waals surface area contributed by atoms with E-state index in [2.05, 4.69) is 39.6 Å². The predicted octanol–water partition coefficient (Wildman–Crippen LogP) is 4.71. The fourth-order valence-electron chi connectivity index (χ4n) is 3.63. The Labute approximate surface area is 198 Å². The number of rotatable bonds is 7. The third-order valence-electron chi connectivity index (χ3n) is 5.41. The highest BCUT2D eigenvalue weighted by Gasteiger charge is 2.10. The molecule has 0 aliphatic rings. The molecule has 1 heterocycles. The lowest BCUT2D eigenvalue weighted by Crippen LogP contribution is -2.22. The van der Waals surface area contributed by atoms with Crippen molar-refractivity contribution in [1.29, 1.82) is 0 Å². The summed E-state index contributed by atoms with van der Waals surface area (Å²) in [6.07, 6.45) is 2.09. The zero-order chi connectivity index (χ0) is 24.1. The van der Waals surface area contributed by atoms with Crippen molar-refractivity contribution in [2.24, 2.45) is 21.7 Å². The molecule has 0 aliphatic carbocycles. The van der Waals surface area contributed by atoms with E-state index >= 15 is 0 Å². The van der Waals surface area contributed by atoms with Crippen LogP contribution in [0.3, 0.4) is 0 Å². The molecule has 34 heavy (non-hydrogen) atoms. The topological polar surface area (TPSA) is 119 Å². The van der Waals surface area contributed by atoms with Crippen LogP contribution in [0.15, 0.2) is 89.2 Å². The van der Waals surface area contributed by atoms with E-state index in [4.69, 9.17) is 11.5 Å². The molecule has 0 saturated carbocycles. The molecule has 3 aromatic carbocycles. The minimum atomic E-state index is -0.114. The van der Waals surface area contributed by atoms with Gasteiger partial charge in [0, 0.05) is 34.9 Å². The number of guanidine groups is 1. The number of carbonyl (C=O) groups excluding carboxylic acids is 1. The van der Waals surface area contributed by atoms with Crippen molar-refractivity contribution < 1.29 is 4.79 Å². The number of nitrogens with zero attached hydrogens (tertiary/aromatic N) is 3. The standard InChI is InChI=1S/C27H26N6O/c1-17-6-11-24-23(14-17)25(12-13-30-24)31-22-9-7-19(8-10-22)15-26(34)21-5-3-4-20(16-21)18(2)32-33-27(28)29/h3-14,16H,15H2,1-2H3,(H,30,31)(H4,28,29,33)/b32-18-. The summed E-state index contributed by atoms with van der Waals surface area (Å²) in [6, 6.07) is 23.3. The first-order valence-electron chi connectivity index (χ1n) is 10.9. The van der Waals surface area contributed by atoms with Gasteiger partial charge < -0.3 is 16.8 Å². The van der Waals surface area contributed by atoms with Crippen LogP contribution in [0.2, 0.25) is 0 Å². The number of aromatic nitrogens is 1. The van der Waals surface area contributed by atoms with E-state index in [1.807, 2.05) is 48.5 Å². The van der Waals surface area contributed by atoms with Gasteiger partial charge in [0.2, 0.25) is 5.96 Å². The van der Waals surface area contributed by atoms with Crippen LogP contribution >= 0.6 is 0 Å². The zero-order valence-electron chi connectivity index (χ0n) is 19.1. The minimum Gasteiger partial charge on any atom is -0.369 e. The second-order valence-electron chi connectivity index (χ2n) is 8.09. The second-order valence-corrected chi connectivity index (χ2v) is 8.09. The summed E-state index contributed by atoms with van der Waals surface area (Å²) in [4.78, 5) is 17.3. The molecule has 0 saturated heterocycles. The van der Waals surface area contributed by atoms with Crippen LogP contribution in [0.5, 0.6) is 0 Å². The van der Waals surface area contributed by atoms with Crippen LogP contribution in [-0.4, -0.2) is 22.4 Å². The van der Waals surface area contributed by atoms with Crippen molar-refractivity contribution in [3.8, 4) is 0 Å². The normalized spacial score (nSPS) is 11.3. The fraction of sp³-hybridized carbons (Fsp3) is 0.111. The molecular weight excluding hydrogens is 424 g/mol. The number of hydrogen-bond donors (Lipinski definition) is 3. The lowest BCUT2D eigenvalue weighted by molar-refractivity contribution is 0.0993. The van der Waals surface area contributed by atoms with Crippen molar-refractivity contribution in [3.05, 3.63) is 101 Å². The van der Waals surface area contributed by atoms with E-state index in [0.29, 0.717) is 17.7 Å². The van der Waals surface area contributed by atoms with E-state index in [-0.39, 0.29) is 11.7 Å². The van der Waals surface area contributed by atoms with Gasteiger partial charge in [0.15, 0.2) is 5.78 Å². The fourth-order valence-corrected chi connectivity index (χ4v) is 3.63. The Hall–Kier alpha value is -4.52. The molecule has 4 rings (SSSR count). The highest BCUT2D eigenvalue weighted by atomic mass is 16.1. The Kier molecular flexibility index (Phi) is 6.64. The molecule has 4 aromatic rings. The van der Waals surface area contributed by atoms with Gasteiger partial charge in [-0.05, 0) is 61.4 Å². The van der Waals surface area contributed by atoms with Gasteiger partial charge in [-0.25, -0.2) is 0 Å². The molecular formula is C27H26N6O. The van der Waals surface area contributed by atoms with Crippen LogP contribution in [0.25, 0.3) is 10.9 Å². The number of aryl methyl sites for hydroxylation is 1. The summed E-state index contributed by atoms with van der Waals surface area (Å²) in [7, 11) is 0. The maximum absolute atomic E-state index is 12.9. The zero-order valence-corrected chi connectivity index (χ0v) is 19.1. The van der Waals surface area contributed by atoms with Crippen molar-refractivity contribution in [3.63, 3.8) is 0 Å². The van der Waals surface area contributed by atoms with E-state index in [0.717, 1.165) is 33.4 Å². The van der Waals surface area contributed by atoms with Gasteiger partial charge in [0.05, 0.1) is 11.2 Å². The van der Waals surface area contributed by atoms with Crippen molar-refractivity contribution >= 4 is 39.7 Å². The highest BCUT2D eigenvalue weighted by Crippen LogP contribution is 2.26. The Bertz CT molecular complexity index is 1400. The molecule has 0 unspecified atom stereocenters. The molecule has 0 bridgehead atoms. The SMILES string of the molecule is C/C(=N/N=C(N)N)c1cccc(C(=O)Cc2ccc(Nc3ccnc4ccc(C)cc34)cc2)c1. The minimum absolute atomic E-state index is 0.0211. The van der Waals surface area contributed by atoms with E-state index in [1.165, 1.54) is 5.56 Å². The Morgan fingerprint density at radius 2 is 1.71 bits per heavy atom. The second kappa shape index (κ2) is 9.95. The summed E-state index contributed by atoms with van der Waals surface area (Å²) in [5.74, 6) is -0.0930. The predicted molar refractivity (Wildman–Crippen MR) is 139 cm³/mol. The Morgan fingerprint density at radius 1 is 0.941 bits per heavy atom. The highest BCUT2D eigenvalue weighted by molar-refractivity contribution is 6.03. The largest absolute Gasteiger partial charge is 0.369 e. The molecule has 0 aliphatic heterocycles. The number of benzene rings is 3. The number of ketones is 1. The third-order valence-corrected chi connectivity index (χ3v) is 5.41. The van der Waals surface area contributed by atoms with Gasteiger partial charge in [0.25, 0.3) is 0 Å². The average Bonchev–Trinajstić information content (AvgIpc) is 2.84. The van der Waals surface area contributed by atoms with Crippen LogP contribution in [0.1, 0.15) is 34.0 Å². The number of Topliss-reactive ketones (excluding diaryl/α,β-unsaturated/α-hetero) is 1. The smallest absolute Gasteiger partial charge is 0.211 e. The number of nitrogens with one attached hydrogen (secondary N) is 1. The third kappa shape index (κ3) is 5.45. The van der Waals surface area contributed by atoms with Gasteiger partial charge in [-0.3, -0.25) is 9.78 Å². The number of hydrogen-bond acceptors (Lipinski definition) is 5. The number of carbonyl (C=O) groups is 1. The molecule has 0 fully saturated rings. The van der Waals surface area contributed by atoms with Crippen molar-refractivity contribution in [1.82, 2.24) is 4.98 Å². The monoisotopic (exact) mass is 450 g/mol. The average molecular weight is 451 g/mol. The Morgan fingerprint density at radius 3 is 2.47 bits per heavy atom. The first-order chi connectivity index (χ1) is 16.4. The molecule has 0 amide bonds. The summed E-state index contributed by atoms with van der Waals surface area (Å²) < 4.78 is 0. The van der Waals surface area contributed by atoms with E-state index in [9.17, 15) is 4.79 Å². The van der Waals surface area contributed by atoms with Gasteiger partial charge in [0.1, 0.15) is 0 Å². The van der Waals surface area contributed by atoms with Crippen LogP contribution in [0, 0.1) is 6.92 Å². The number of fused-ring (bicyclic) bond motifs is 1. The molecule has 0 spiro atoms. The molecule has 5 N–H and O–H groups in total. The van der Waals surface area contributed by atoms with Gasteiger partial charge in [-0.2, -0.15) is 5.10 Å². The molecule has 0 radical (unpaired) electrons. The van der Waals surface area contributed by atoms with Crippen molar-refractivity contribution in [2.75, 3.05) is 5.32 Å². The summed E-state index contributed by atoms with van der Waals surface area (Å²) in [5, 5.41) is 12.2. The lowest BCUT2D eigenvalue weighted by atomic mass is 10.00. The maximum Gasteiger partial charge on any atom is 0.211 e. The molecule has 1 aromatic heterocycles. The first-order valence-corrected chi connectivity index (χ1v) is 10.9. The number of pyridine rings is 1. The summed E-state index contributed by atoms with van der Waals surface area (Å²) in [6.45, 7) is 3.85. The van der Waals surface area contributed by atoms with Gasteiger partial charge in [-0.15, -0.1) is 5.10 Å². The van der Waals surface area contributed by atoms with Crippen molar-refractivity contribution in [2.45, 2.75) is 20.3 Å². The van der Waals surface area contributed by atoms with E-state index < -0.39 is 0 Å². The first kappa shape index (κ1) is 22.7. The van der Waals surface area contributed by atoms with Gasteiger partial charge >= 0.3 is 0 Å². The lowest BCUT2D eigenvalue weighted by Gasteiger charge is -2.11. The molecule has 170 valence electrons. The van der Waals surface area contributed by atoms with Gasteiger partial charge in [-0.1, -0.05) is 42.0 Å². The molecule has 7 nitrogen and oxygen atoms in total. The number of anilines is 2. The molecule has 0 atom stereocenters. The molecule has 7 heteroatoms. The maximum atomic E-state index is 12.9. The van der Waals surface area contributed by atoms with Crippen LogP contribution in [-0.2, 0) is 6.42 Å². The summed E-state index contributed by atoms with van der Waals surface area (Å²) >= 11 is 0. The number of nitrogens with two attached hydrogens (primary N) is 2.